The molecule has 2 aliphatic rings. The van der Waals surface area contributed by atoms with Crippen molar-refractivity contribution in [2.45, 2.75) is 32.4 Å². The van der Waals surface area contributed by atoms with Crippen LogP contribution in [0.2, 0.25) is 0 Å². The minimum atomic E-state index is -0.456. The van der Waals surface area contributed by atoms with Gasteiger partial charge < -0.3 is 19.1 Å². The van der Waals surface area contributed by atoms with Crippen LogP contribution in [0.3, 0.4) is 0 Å². The van der Waals surface area contributed by atoms with Gasteiger partial charge >= 0.3 is 0 Å². The second kappa shape index (κ2) is 10.3. The Hall–Kier alpha value is -3.26. The zero-order chi connectivity index (χ0) is 24.2. The van der Waals surface area contributed by atoms with Crippen molar-refractivity contribution in [3.8, 4) is 17.2 Å². The summed E-state index contributed by atoms with van der Waals surface area (Å²) in [4.78, 5) is 32.1. The van der Waals surface area contributed by atoms with Gasteiger partial charge in [0.2, 0.25) is 17.6 Å². The molecule has 0 radical (unpaired) electrons. The van der Waals surface area contributed by atoms with Crippen LogP contribution in [-0.2, 0) is 22.6 Å². The lowest BCUT2D eigenvalue weighted by molar-refractivity contribution is -0.136. The van der Waals surface area contributed by atoms with Gasteiger partial charge in [0.15, 0.2) is 11.5 Å². The molecule has 0 unspecified atom stereocenters. The van der Waals surface area contributed by atoms with Crippen molar-refractivity contribution in [2.24, 2.45) is 0 Å². The van der Waals surface area contributed by atoms with Crippen molar-refractivity contribution in [2.75, 3.05) is 52.4 Å². The van der Waals surface area contributed by atoms with Crippen LogP contribution in [-0.4, -0.2) is 75.2 Å². The highest BCUT2D eigenvalue weighted by Gasteiger charge is 2.40. The Morgan fingerprint density at radius 1 is 0.912 bits per heavy atom. The van der Waals surface area contributed by atoms with E-state index in [0.717, 1.165) is 29.9 Å². The van der Waals surface area contributed by atoms with E-state index in [4.69, 9.17) is 14.2 Å². The third-order valence-corrected chi connectivity index (χ3v) is 6.70. The number of ether oxygens (including phenoxy) is 3. The molecule has 1 saturated heterocycles. The number of para-hydroxylation sites is 1. The first-order chi connectivity index (χ1) is 16.5. The number of hydrogen-bond acceptors (Lipinski definition) is 6. The molecule has 0 spiro atoms. The summed E-state index contributed by atoms with van der Waals surface area (Å²) in [6.45, 7) is 5.24. The van der Waals surface area contributed by atoms with Crippen molar-refractivity contribution in [3.05, 3.63) is 47.5 Å². The highest BCUT2D eigenvalue weighted by Crippen LogP contribution is 2.40. The van der Waals surface area contributed by atoms with Gasteiger partial charge in [0, 0.05) is 56.8 Å². The van der Waals surface area contributed by atoms with Crippen LogP contribution < -0.4 is 19.1 Å². The smallest absolute Gasteiger partial charge is 0.246 e. The first-order valence-corrected chi connectivity index (χ1v) is 11.7. The monoisotopic (exact) mass is 467 g/mol. The van der Waals surface area contributed by atoms with Crippen LogP contribution in [0.5, 0.6) is 17.2 Å². The number of amides is 2. The molecular formula is C26H33N3O5. The van der Waals surface area contributed by atoms with Gasteiger partial charge in [-0.15, -0.1) is 0 Å². The van der Waals surface area contributed by atoms with E-state index in [1.165, 1.54) is 0 Å². The standard InChI is InChI=1S/C26H33N3O5/c1-5-23(30)29-20-9-7-6-8-18(20)16-21(29)26(31)28-14-12-27(13-15-28)17-19-10-11-22(32-2)25(34-4)24(19)33-3/h6-11,21H,5,12-17H2,1-4H3/t21-/m1/s1. The summed E-state index contributed by atoms with van der Waals surface area (Å²) in [6.07, 6.45) is 0.947. The number of benzene rings is 2. The second-order valence-corrected chi connectivity index (χ2v) is 8.56. The van der Waals surface area contributed by atoms with Crippen LogP contribution >= 0.6 is 0 Å². The van der Waals surface area contributed by atoms with Gasteiger partial charge in [-0.2, -0.15) is 0 Å². The van der Waals surface area contributed by atoms with E-state index in [2.05, 4.69) is 4.90 Å². The van der Waals surface area contributed by atoms with Crippen molar-refractivity contribution in [1.29, 1.82) is 0 Å². The molecule has 34 heavy (non-hydrogen) atoms. The van der Waals surface area contributed by atoms with E-state index < -0.39 is 6.04 Å². The van der Waals surface area contributed by atoms with Crippen LogP contribution in [0.15, 0.2) is 36.4 Å². The number of nitrogens with zero attached hydrogens (tertiary/aromatic N) is 3. The Labute approximate surface area is 201 Å². The molecular weight excluding hydrogens is 434 g/mol. The molecule has 2 aromatic carbocycles. The van der Waals surface area contributed by atoms with Crippen molar-refractivity contribution >= 4 is 17.5 Å². The molecule has 2 aromatic rings. The molecule has 0 bridgehead atoms. The van der Waals surface area contributed by atoms with Gasteiger partial charge in [0.05, 0.1) is 21.3 Å². The summed E-state index contributed by atoms with van der Waals surface area (Å²) < 4.78 is 16.5. The molecule has 0 N–H and O–H groups in total. The molecule has 4 rings (SSSR count). The Kier molecular flexibility index (Phi) is 7.26. The molecule has 0 aliphatic carbocycles. The maximum absolute atomic E-state index is 13.5. The van der Waals surface area contributed by atoms with Crippen molar-refractivity contribution in [1.82, 2.24) is 9.80 Å². The van der Waals surface area contributed by atoms with E-state index >= 15 is 0 Å². The first kappa shape index (κ1) is 23.9. The third kappa shape index (κ3) is 4.42. The summed E-state index contributed by atoms with van der Waals surface area (Å²) in [5, 5.41) is 0. The molecule has 2 aliphatic heterocycles. The zero-order valence-corrected chi connectivity index (χ0v) is 20.4. The fourth-order valence-corrected chi connectivity index (χ4v) is 4.93. The van der Waals surface area contributed by atoms with E-state index in [-0.39, 0.29) is 11.8 Å². The third-order valence-electron chi connectivity index (χ3n) is 6.70. The van der Waals surface area contributed by atoms with Crippen molar-refractivity contribution < 1.29 is 23.8 Å². The fraction of sp³-hybridized carbons (Fsp3) is 0.462. The number of piperazine rings is 1. The molecule has 1 atom stereocenters. The van der Waals surface area contributed by atoms with Crippen molar-refractivity contribution in [3.63, 3.8) is 0 Å². The average Bonchev–Trinajstić information content (AvgIpc) is 3.27. The van der Waals surface area contributed by atoms with Gasteiger partial charge in [-0.1, -0.05) is 31.2 Å². The van der Waals surface area contributed by atoms with Crippen LogP contribution in [0.1, 0.15) is 24.5 Å². The van der Waals surface area contributed by atoms with Gasteiger partial charge in [0.1, 0.15) is 6.04 Å². The molecule has 1 fully saturated rings. The highest BCUT2D eigenvalue weighted by molar-refractivity contribution is 6.03. The summed E-state index contributed by atoms with van der Waals surface area (Å²) in [7, 11) is 4.83. The number of fused-ring (bicyclic) bond motifs is 1. The lowest BCUT2D eigenvalue weighted by atomic mass is 10.1. The Morgan fingerprint density at radius 2 is 1.62 bits per heavy atom. The number of hydrogen-bond donors (Lipinski definition) is 0. The van der Waals surface area contributed by atoms with E-state index in [9.17, 15) is 9.59 Å². The molecule has 0 saturated carbocycles. The van der Waals surface area contributed by atoms with Crippen LogP contribution in [0.25, 0.3) is 0 Å². The lowest BCUT2D eigenvalue weighted by Crippen LogP contribution is -2.55. The summed E-state index contributed by atoms with van der Waals surface area (Å²) in [6, 6.07) is 11.2. The maximum Gasteiger partial charge on any atom is 0.246 e. The average molecular weight is 468 g/mol. The molecule has 2 heterocycles. The largest absolute Gasteiger partial charge is 0.493 e. The first-order valence-electron chi connectivity index (χ1n) is 11.7. The molecule has 8 heteroatoms. The SMILES string of the molecule is CCC(=O)N1c2ccccc2C[C@@H]1C(=O)N1CCN(Cc2ccc(OC)c(OC)c2OC)CC1. The van der Waals surface area contributed by atoms with Gasteiger partial charge in [-0.3, -0.25) is 19.4 Å². The van der Waals surface area contributed by atoms with Gasteiger partial charge in [-0.25, -0.2) is 0 Å². The number of carbonyl (C=O) groups excluding carboxylic acids is 2. The number of carbonyl (C=O) groups is 2. The number of rotatable bonds is 7. The van der Waals surface area contributed by atoms with E-state index in [1.54, 1.807) is 26.2 Å². The summed E-state index contributed by atoms with van der Waals surface area (Å²) in [5.41, 5.74) is 2.93. The Bertz CT molecular complexity index is 1050. The minimum Gasteiger partial charge on any atom is -0.493 e. The maximum atomic E-state index is 13.5. The fourth-order valence-electron chi connectivity index (χ4n) is 4.93. The van der Waals surface area contributed by atoms with Crippen LogP contribution in [0.4, 0.5) is 5.69 Å². The predicted molar refractivity (Wildman–Crippen MR) is 130 cm³/mol. The zero-order valence-electron chi connectivity index (χ0n) is 20.4. The second-order valence-electron chi connectivity index (χ2n) is 8.56. The quantitative estimate of drug-likeness (QED) is 0.624. The van der Waals surface area contributed by atoms with Crippen LogP contribution in [0, 0.1) is 0 Å². The number of methoxy groups -OCH3 is 3. The summed E-state index contributed by atoms with van der Waals surface area (Å²) >= 11 is 0. The minimum absolute atomic E-state index is 0.0116. The number of anilines is 1. The molecule has 0 aromatic heterocycles. The molecule has 2 amide bonds. The topological polar surface area (TPSA) is 71.6 Å². The molecule has 8 nitrogen and oxygen atoms in total. The predicted octanol–water partition coefficient (Wildman–Crippen LogP) is 2.72. The summed E-state index contributed by atoms with van der Waals surface area (Å²) in [5.74, 6) is 1.89. The normalized spacial score (nSPS) is 17.9. The van der Waals surface area contributed by atoms with Gasteiger partial charge in [0.25, 0.3) is 0 Å². The Morgan fingerprint density at radius 3 is 2.26 bits per heavy atom. The lowest BCUT2D eigenvalue weighted by Gasteiger charge is -2.37. The molecule has 182 valence electrons. The Balaban J connectivity index is 1.43. The van der Waals surface area contributed by atoms with Gasteiger partial charge in [-0.05, 0) is 17.7 Å². The van der Waals surface area contributed by atoms with E-state index in [1.807, 2.05) is 48.2 Å². The van der Waals surface area contributed by atoms with E-state index in [0.29, 0.717) is 49.7 Å². The highest BCUT2D eigenvalue weighted by atomic mass is 16.5.